The Kier molecular flexibility index (Phi) is 7.71. The molecule has 144 valence electrons. The highest BCUT2D eigenvalue weighted by atomic mass is 35.5. The lowest BCUT2D eigenvalue weighted by Gasteiger charge is -2.24. The smallest absolute Gasteiger partial charge is 0.260 e. The van der Waals surface area contributed by atoms with Crippen LogP contribution in [0.2, 0.25) is 0 Å². The average Bonchev–Trinajstić information content (AvgIpc) is 3.09. The SMILES string of the molecule is CCN(CC)CCN(C(=O)c1ccc(F)cc1)c1nc2ccccc2s1.Cl. The first-order chi connectivity index (χ1) is 12.6. The Balaban J connectivity index is 0.00000261. The van der Waals surface area contributed by atoms with Gasteiger partial charge in [-0.3, -0.25) is 9.69 Å². The Morgan fingerprint density at radius 1 is 1.04 bits per heavy atom. The summed E-state index contributed by atoms with van der Waals surface area (Å²) < 4.78 is 14.3. The van der Waals surface area contributed by atoms with Crippen molar-refractivity contribution in [3.8, 4) is 0 Å². The standard InChI is InChI=1S/C20H22FN3OS.ClH/c1-3-23(4-2)13-14-24(19(25)15-9-11-16(21)12-10-15)20-22-17-7-5-6-8-18(17)26-20;/h5-12H,3-4,13-14H2,1-2H3;1H. The van der Waals surface area contributed by atoms with E-state index in [1.165, 1.54) is 35.6 Å². The Morgan fingerprint density at radius 3 is 2.33 bits per heavy atom. The largest absolute Gasteiger partial charge is 0.302 e. The van der Waals surface area contributed by atoms with E-state index in [9.17, 15) is 9.18 Å². The summed E-state index contributed by atoms with van der Waals surface area (Å²) in [5.74, 6) is -0.507. The minimum Gasteiger partial charge on any atom is -0.302 e. The van der Waals surface area contributed by atoms with E-state index < -0.39 is 0 Å². The number of hydrogen-bond donors (Lipinski definition) is 0. The Morgan fingerprint density at radius 2 is 1.70 bits per heavy atom. The first-order valence-corrected chi connectivity index (χ1v) is 9.59. The molecule has 3 aromatic rings. The molecule has 0 N–H and O–H groups in total. The number of fused-ring (bicyclic) bond motifs is 1. The van der Waals surface area contributed by atoms with Gasteiger partial charge in [-0.2, -0.15) is 0 Å². The summed E-state index contributed by atoms with van der Waals surface area (Å²) in [6.07, 6.45) is 0. The summed E-state index contributed by atoms with van der Waals surface area (Å²) in [6.45, 7) is 7.36. The lowest BCUT2D eigenvalue weighted by atomic mass is 10.2. The normalized spacial score (nSPS) is 10.8. The van der Waals surface area contributed by atoms with E-state index in [1.807, 2.05) is 24.3 Å². The summed E-state index contributed by atoms with van der Waals surface area (Å²) in [6, 6.07) is 13.5. The molecule has 27 heavy (non-hydrogen) atoms. The van der Waals surface area contributed by atoms with Gasteiger partial charge in [-0.15, -0.1) is 12.4 Å². The van der Waals surface area contributed by atoms with E-state index in [4.69, 9.17) is 0 Å². The Hall–Kier alpha value is -2.02. The lowest BCUT2D eigenvalue weighted by Crippen LogP contribution is -2.38. The van der Waals surface area contributed by atoms with Crippen molar-refractivity contribution >= 4 is 45.0 Å². The Bertz CT molecular complexity index is 847. The predicted molar refractivity (Wildman–Crippen MR) is 113 cm³/mol. The van der Waals surface area contributed by atoms with Crippen molar-refractivity contribution < 1.29 is 9.18 Å². The number of anilines is 1. The molecule has 0 atom stereocenters. The third-order valence-electron chi connectivity index (χ3n) is 4.38. The van der Waals surface area contributed by atoms with E-state index in [1.54, 1.807) is 4.90 Å². The summed E-state index contributed by atoms with van der Waals surface area (Å²) in [5.41, 5.74) is 1.34. The van der Waals surface area contributed by atoms with Crippen LogP contribution in [0.1, 0.15) is 24.2 Å². The maximum absolute atomic E-state index is 13.2. The number of para-hydroxylation sites is 1. The van der Waals surface area contributed by atoms with Crippen LogP contribution in [0.4, 0.5) is 9.52 Å². The molecule has 0 aliphatic heterocycles. The van der Waals surface area contributed by atoms with Gasteiger partial charge in [-0.1, -0.05) is 37.3 Å². The second kappa shape index (κ2) is 9.78. The molecule has 1 heterocycles. The number of halogens is 2. The van der Waals surface area contributed by atoms with Gasteiger partial charge in [0.25, 0.3) is 5.91 Å². The summed E-state index contributed by atoms with van der Waals surface area (Å²) in [5, 5.41) is 0.674. The van der Waals surface area contributed by atoms with Crippen LogP contribution in [-0.4, -0.2) is 42.0 Å². The van der Waals surface area contributed by atoms with E-state index >= 15 is 0 Å². The quantitative estimate of drug-likeness (QED) is 0.562. The highest BCUT2D eigenvalue weighted by Crippen LogP contribution is 2.29. The van der Waals surface area contributed by atoms with Crippen LogP contribution in [0.15, 0.2) is 48.5 Å². The number of rotatable bonds is 7. The third-order valence-corrected chi connectivity index (χ3v) is 5.44. The minimum atomic E-state index is -0.351. The topological polar surface area (TPSA) is 36.4 Å². The lowest BCUT2D eigenvalue weighted by molar-refractivity contribution is 0.0983. The maximum atomic E-state index is 13.2. The molecule has 1 aromatic heterocycles. The molecule has 7 heteroatoms. The zero-order valence-corrected chi connectivity index (χ0v) is 17.0. The third kappa shape index (κ3) is 5.03. The maximum Gasteiger partial charge on any atom is 0.260 e. The van der Waals surface area contributed by atoms with Crippen molar-refractivity contribution in [2.75, 3.05) is 31.1 Å². The van der Waals surface area contributed by atoms with Crippen LogP contribution in [0, 0.1) is 5.82 Å². The molecule has 0 aliphatic rings. The second-order valence-corrected chi connectivity index (χ2v) is 6.96. The van der Waals surface area contributed by atoms with E-state index in [0.29, 0.717) is 17.2 Å². The van der Waals surface area contributed by atoms with Crippen molar-refractivity contribution in [3.05, 3.63) is 59.9 Å². The van der Waals surface area contributed by atoms with Gasteiger partial charge in [-0.25, -0.2) is 9.37 Å². The van der Waals surface area contributed by atoms with Gasteiger partial charge in [0.1, 0.15) is 5.82 Å². The van der Waals surface area contributed by atoms with Crippen LogP contribution < -0.4 is 4.90 Å². The van der Waals surface area contributed by atoms with Gasteiger partial charge in [-0.05, 0) is 49.5 Å². The number of thiazole rings is 1. The molecule has 2 aromatic carbocycles. The fourth-order valence-electron chi connectivity index (χ4n) is 2.79. The van der Waals surface area contributed by atoms with Gasteiger partial charge in [0.15, 0.2) is 5.13 Å². The van der Waals surface area contributed by atoms with E-state index in [-0.39, 0.29) is 24.1 Å². The number of carbonyl (C=O) groups is 1. The van der Waals surface area contributed by atoms with Crippen molar-refractivity contribution in [2.24, 2.45) is 0 Å². The molecule has 0 fully saturated rings. The molecule has 4 nitrogen and oxygen atoms in total. The predicted octanol–water partition coefficient (Wildman–Crippen LogP) is 4.85. The van der Waals surface area contributed by atoms with E-state index in [2.05, 4.69) is 23.7 Å². The van der Waals surface area contributed by atoms with Crippen LogP contribution in [0.25, 0.3) is 10.2 Å². The molecule has 0 aliphatic carbocycles. The molecule has 0 radical (unpaired) electrons. The highest BCUT2D eigenvalue weighted by molar-refractivity contribution is 7.22. The van der Waals surface area contributed by atoms with Crippen molar-refractivity contribution in [1.82, 2.24) is 9.88 Å². The fourth-order valence-corrected chi connectivity index (χ4v) is 3.78. The van der Waals surface area contributed by atoms with Crippen LogP contribution >= 0.6 is 23.7 Å². The first kappa shape index (κ1) is 21.3. The van der Waals surface area contributed by atoms with Crippen LogP contribution in [0.3, 0.4) is 0 Å². The fraction of sp³-hybridized carbons (Fsp3) is 0.300. The molecule has 0 bridgehead atoms. The van der Waals surface area contributed by atoms with Gasteiger partial charge < -0.3 is 4.90 Å². The zero-order valence-electron chi connectivity index (χ0n) is 15.4. The molecule has 0 spiro atoms. The molecular weight excluding hydrogens is 385 g/mol. The molecule has 0 saturated carbocycles. The zero-order chi connectivity index (χ0) is 18.5. The van der Waals surface area contributed by atoms with Gasteiger partial charge in [0, 0.05) is 18.7 Å². The summed E-state index contributed by atoms with van der Waals surface area (Å²) in [4.78, 5) is 21.7. The first-order valence-electron chi connectivity index (χ1n) is 8.77. The van der Waals surface area contributed by atoms with Crippen molar-refractivity contribution in [1.29, 1.82) is 0 Å². The van der Waals surface area contributed by atoms with Crippen molar-refractivity contribution in [3.63, 3.8) is 0 Å². The molecule has 0 unspecified atom stereocenters. The number of carbonyl (C=O) groups excluding carboxylic acids is 1. The molecule has 3 rings (SSSR count). The molecular formula is C20H23ClFN3OS. The van der Waals surface area contributed by atoms with Gasteiger partial charge in [0.2, 0.25) is 0 Å². The highest BCUT2D eigenvalue weighted by Gasteiger charge is 2.21. The second-order valence-electron chi connectivity index (χ2n) is 5.95. The monoisotopic (exact) mass is 407 g/mol. The van der Waals surface area contributed by atoms with Crippen LogP contribution in [-0.2, 0) is 0 Å². The number of likely N-dealkylation sites (N-methyl/N-ethyl adjacent to an activating group) is 1. The minimum absolute atomic E-state index is 0. The number of nitrogens with zero attached hydrogens (tertiary/aromatic N) is 3. The Labute approximate surface area is 169 Å². The van der Waals surface area contributed by atoms with Crippen molar-refractivity contribution in [2.45, 2.75) is 13.8 Å². The van der Waals surface area contributed by atoms with Crippen LogP contribution in [0.5, 0.6) is 0 Å². The number of amides is 1. The summed E-state index contributed by atoms with van der Waals surface area (Å²) >= 11 is 1.50. The number of hydrogen-bond acceptors (Lipinski definition) is 4. The average molecular weight is 408 g/mol. The number of aromatic nitrogens is 1. The summed E-state index contributed by atoms with van der Waals surface area (Å²) in [7, 11) is 0. The molecule has 0 saturated heterocycles. The number of benzene rings is 2. The van der Waals surface area contributed by atoms with E-state index in [0.717, 1.165) is 29.9 Å². The van der Waals surface area contributed by atoms with Gasteiger partial charge >= 0.3 is 0 Å². The molecule has 1 amide bonds. The van der Waals surface area contributed by atoms with Gasteiger partial charge in [0.05, 0.1) is 10.2 Å².